The first-order valence-corrected chi connectivity index (χ1v) is 14.0. The van der Waals surface area contributed by atoms with Crippen molar-refractivity contribution in [1.29, 1.82) is 0 Å². The molecule has 1 N–H and O–H groups in total. The van der Waals surface area contributed by atoms with Crippen LogP contribution < -0.4 is 0 Å². The minimum atomic E-state index is -0.940. The molecule has 0 aromatic heterocycles. The highest BCUT2D eigenvalue weighted by Crippen LogP contribution is 2.44. The first-order valence-electron chi connectivity index (χ1n) is 14.0. The van der Waals surface area contributed by atoms with Gasteiger partial charge in [0.25, 0.3) is 0 Å². The van der Waals surface area contributed by atoms with Crippen molar-refractivity contribution in [2.45, 2.75) is 37.3 Å². The summed E-state index contributed by atoms with van der Waals surface area (Å²) in [6.45, 7) is 2.71. The average molecular weight is 579 g/mol. The second kappa shape index (κ2) is 13.6. The lowest BCUT2D eigenvalue weighted by molar-refractivity contribution is -0.220. The molecule has 218 valence electrons. The molecule has 2 heterocycles. The highest BCUT2D eigenvalue weighted by molar-refractivity contribution is 5.89. The van der Waals surface area contributed by atoms with E-state index >= 15 is 0 Å². The van der Waals surface area contributed by atoms with E-state index in [1.54, 1.807) is 36.4 Å². The zero-order valence-electron chi connectivity index (χ0n) is 23.7. The number of rotatable bonds is 2. The van der Waals surface area contributed by atoms with Gasteiger partial charge in [-0.25, -0.2) is 9.59 Å². The molecule has 43 heavy (non-hydrogen) atoms. The van der Waals surface area contributed by atoms with E-state index in [2.05, 4.69) is 52.1 Å². The van der Waals surface area contributed by atoms with Gasteiger partial charge in [-0.3, -0.25) is 0 Å². The van der Waals surface area contributed by atoms with Crippen molar-refractivity contribution in [3.05, 3.63) is 70.8 Å². The van der Waals surface area contributed by atoms with Crippen LogP contribution in [0, 0.1) is 59.2 Å². The molecule has 2 aromatic carbocycles. The Balaban J connectivity index is 0.000000171. The van der Waals surface area contributed by atoms with E-state index < -0.39 is 5.97 Å². The van der Waals surface area contributed by atoms with Crippen molar-refractivity contribution in [2.24, 2.45) is 11.8 Å². The topological polar surface area (TPSA) is 101 Å². The van der Waals surface area contributed by atoms with Gasteiger partial charge in [0.1, 0.15) is 0 Å². The van der Waals surface area contributed by atoms with Crippen molar-refractivity contribution in [3.8, 4) is 47.4 Å². The summed E-state index contributed by atoms with van der Waals surface area (Å²) in [5.74, 6) is 22.0. The lowest BCUT2D eigenvalue weighted by atomic mass is 9.79. The summed E-state index contributed by atoms with van der Waals surface area (Å²) in [5, 5.41) is 8.79. The van der Waals surface area contributed by atoms with E-state index in [-0.39, 0.29) is 29.0 Å². The van der Waals surface area contributed by atoms with Gasteiger partial charge in [0.2, 0.25) is 0 Å². The van der Waals surface area contributed by atoms with Crippen molar-refractivity contribution < 1.29 is 38.4 Å². The molecular weight excluding hydrogens is 548 g/mol. The number of benzene rings is 2. The average Bonchev–Trinajstić information content (AvgIpc) is 3.68. The van der Waals surface area contributed by atoms with Crippen LogP contribution in [-0.4, -0.2) is 62.2 Å². The lowest BCUT2D eigenvalue weighted by Crippen LogP contribution is -2.44. The zero-order chi connectivity index (χ0) is 30.1. The molecule has 4 fully saturated rings. The second-order valence-corrected chi connectivity index (χ2v) is 10.4. The molecule has 4 aliphatic rings. The van der Waals surface area contributed by atoms with Gasteiger partial charge in [-0.15, -0.1) is 0 Å². The number of carbonyl (C=O) groups excluding carboxylic acids is 1. The number of esters is 1. The normalized spacial score (nSPS) is 20.1. The summed E-state index contributed by atoms with van der Waals surface area (Å²) >= 11 is 0. The van der Waals surface area contributed by atoms with E-state index in [4.69, 9.17) is 24.1 Å². The van der Waals surface area contributed by atoms with E-state index in [1.165, 1.54) is 19.2 Å². The highest BCUT2D eigenvalue weighted by Gasteiger charge is 2.49. The molecule has 2 aliphatic heterocycles. The Morgan fingerprint density at radius 2 is 1.07 bits per heavy atom. The molecule has 2 saturated carbocycles. The maximum absolute atomic E-state index is 11.3. The number of methoxy groups -OCH3 is 1. The molecule has 2 spiro atoms. The molecular formula is C35H30O8. The minimum Gasteiger partial charge on any atom is -0.478 e. The van der Waals surface area contributed by atoms with Crippen molar-refractivity contribution >= 4 is 11.9 Å². The third-order valence-corrected chi connectivity index (χ3v) is 7.39. The molecule has 0 bridgehead atoms. The predicted octanol–water partition coefficient (Wildman–Crippen LogP) is 3.87. The summed E-state index contributed by atoms with van der Waals surface area (Å²) in [7, 11) is 1.36. The molecule has 0 radical (unpaired) electrons. The van der Waals surface area contributed by atoms with Crippen LogP contribution in [0.3, 0.4) is 0 Å². The van der Waals surface area contributed by atoms with Crippen LogP contribution in [-0.2, 0) is 23.7 Å². The Kier molecular flexibility index (Phi) is 9.48. The van der Waals surface area contributed by atoms with E-state index in [1.807, 2.05) is 0 Å². The fourth-order valence-corrected chi connectivity index (χ4v) is 5.04. The Labute approximate surface area is 251 Å². The summed E-state index contributed by atoms with van der Waals surface area (Å²) in [5.41, 5.74) is 2.33. The first-order chi connectivity index (χ1) is 20.9. The molecule has 2 aromatic rings. The largest absolute Gasteiger partial charge is 0.478 e. The molecule has 8 nitrogen and oxygen atoms in total. The van der Waals surface area contributed by atoms with E-state index in [9.17, 15) is 9.59 Å². The highest BCUT2D eigenvalue weighted by atomic mass is 16.7. The molecule has 6 rings (SSSR count). The fourth-order valence-electron chi connectivity index (χ4n) is 5.04. The second-order valence-electron chi connectivity index (χ2n) is 10.4. The van der Waals surface area contributed by atoms with Gasteiger partial charge >= 0.3 is 11.9 Å². The van der Waals surface area contributed by atoms with Gasteiger partial charge in [-0.1, -0.05) is 23.7 Å². The van der Waals surface area contributed by atoms with Crippen LogP contribution in [0.2, 0.25) is 0 Å². The summed E-state index contributed by atoms with van der Waals surface area (Å²) in [4.78, 5) is 22.0. The van der Waals surface area contributed by atoms with Crippen molar-refractivity contribution in [1.82, 2.24) is 0 Å². The zero-order valence-corrected chi connectivity index (χ0v) is 23.7. The predicted molar refractivity (Wildman–Crippen MR) is 155 cm³/mol. The molecule has 2 saturated heterocycles. The van der Waals surface area contributed by atoms with Crippen molar-refractivity contribution in [2.75, 3.05) is 33.5 Å². The third-order valence-electron chi connectivity index (χ3n) is 7.39. The summed E-state index contributed by atoms with van der Waals surface area (Å²) in [6.07, 6.45) is 3.29. The van der Waals surface area contributed by atoms with Crippen LogP contribution in [0.4, 0.5) is 0 Å². The van der Waals surface area contributed by atoms with E-state index in [0.29, 0.717) is 37.9 Å². The van der Waals surface area contributed by atoms with Crippen LogP contribution in [0.25, 0.3) is 0 Å². The van der Waals surface area contributed by atoms with Gasteiger partial charge in [-0.05, 0) is 72.2 Å². The Morgan fingerprint density at radius 1 is 0.674 bits per heavy atom. The standard InChI is InChI=1S/C18H16O4.C17H14O4/c1-20-17(19)16-8-6-14(7-9-16)4-2-3-5-15-12-18(13-15)21-10-11-22-18;18-16(19)15-7-5-13(6-8-15)3-1-2-4-14-11-17(12-14)20-9-10-21-17/h6-9,15H,10-13H2,1H3;5-8,14H,9-12H2,(H,18,19). The summed E-state index contributed by atoms with van der Waals surface area (Å²) in [6, 6.07) is 13.3. The quantitative estimate of drug-likeness (QED) is 0.424. The van der Waals surface area contributed by atoms with Crippen molar-refractivity contribution in [3.63, 3.8) is 0 Å². The fraction of sp³-hybridized carbons (Fsp3) is 0.371. The number of hydrogen-bond donors (Lipinski definition) is 1. The number of hydrogen-bond acceptors (Lipinski definition) is 7. The smallest absolute Gasteiger partial charge is 0.337 e. The van der Waals surface area contributed by atoms with Crippen LogP contribution in [0.5, 0.6) is 0 Å². The molecule has 0 atom stereocenters. The number of aromatic carboxylic acids is 1. The Morgan fingerprint density at radius 3 is 1.44 bits per heavy atom. The maximum Gasteiger partial charge on any atom is 0.337 e. The number of carbonyl (C=O) groups is 2. The van der Waals surface area contributed by atoms with Gasteiger partial charge < -0.3 is 28.8 Å². The molecule has 2 aliphatic carbocycles. The van der Waals surface area contributed by atoms with Gasteiger partial charge in [0.05, 0.1) is 44.7 Å². The number of carboxylic acids is 1. The van der Waals surface area contributed by atoms with Gasteiger partial charge in [0.15, 0.2) is 11.6 Å². The van der Waals surface area contributed by atoms with Crippen LogP contribution in [0.1, 0.15) is 57.5 Å². The van der Waals surface area contributed by atoms with Crippen LogP contribution >= 0.6 is 0 Å². The Bertz CT molecular complexity index is 1570. The first kappa shape index (κ1) is 29.9. The SMILES string of the molecule is COC(=O)c1ccc(C#CC#CC2CC3(C2)OCCO3)cc1.O=C(O)c1ccc(C#CC#CC2CC3(C2)OCCO3)cc1. The third kappa shape index (κ3) is 7.85. The van der Waals surface area contributed by atoms with Crippen LogP contribution in [0.15, 0.2) is 48.5 Å². The van der Waals surface area contributed by atoms with E-state index in [0.717, 1.165) is 36.8 Å². The maximum atomic E-state index is 11.3. The Hall–Kier alpha value is -4.54. The van der Waals surface area contributed by atoms with Gasteiger partial charge in [-0.2, -0.15) is 0 Å². The summed E-state index contributed by atoms with van der Waals surface area (Å²) < 4.78 is 26.8. The molecule has 0 amide bonds. The molecule has 0 unspecified atom stereocenters. The molecule has 8 heteroatoms. The lowest BCUT2D eigenvalue weighted by Gasteiger charge is -2.40. The number of carboxylic acid groups (broad SMARTS) is 1. The minimum absolute atomic E-state index is 0.253. The van der Waals surface area contributed by atoms with Gasteiger partial charge in [0, 0.05) is 48.6 Å². The monoisotopic (exact) mass is 578 g/mol. The number of ether oxygens (including phenoxy) is 5.